The average molecular weight is 315 g/mol. The second kappa shape index (κ2) is 6.19. The summed E-state index contributed by atoms with van der Waals surface area (Å²) < 4.78 is 6.91. The second-order valence-electron chi connectivity index (χ2n) is 5.17. The summed E-state index contributed by atoms with van der Waals surface area (Å²) in [6, 6.07) is 5.74. The van der Waals surface area contributed by atoms with E-state index in [1.165, 1.54) is 12.5 Å². The summed E-state index contributed by atoms with van der Waals surface area (Å²) in [5.41, 5.74) is 3.71. The normalized spacial score (nSPS) is 12.3. The first-order valence-electron chi connectivity index (χ1n) is 7.00. The number of aromatic nitrogens is 2. The maximum absolute atomic E-state index is 12.1. The quantitative estimate of drug-likeness (QED) is 0.786. The fourth-order valence-corrected chi connectivity index (χ4v) is 3.16. The Bertz CT molecular complexity index is 745. The molecule has 0 aliphatic heterocycles. The number of furan rings is 1. The first-order chi connectivity index (χ1) is 10.6. The molecule has 3 rings (SSSR count). The molecule has 0 aliphatic rings. The predicted molar refractivity (Wildman–Crippen MR) is 85.2 cm³/mol. The Morgan fingerprint density at radius 2 is 2.32 bits per heavy atom. The summed E-state index contributed by atoms with van der Waals surface area (Å²) in [6.07, 6.45) is 2.94. The van der Waals surface area contributed by atoms with Crippen molar-refractivity contribution in [3.05, 3.63) is 64.0 Å². The molecule has 1 atom stereocenters. The van der Waals surface area contributed by atoms with E-state index in [9.17, 15) is 4.79 Å². The van der Waals surface area contributed by atoms with E-state index in [0.717, 1.165) is 17.0 Å². The Labute approximate surface area is 132 Å². The zero-order valence-electron chi connectivity index (χ0n) is 12.4. The van der Waals surface area contributed by atoms with E-state index in [4.69, 9.17) is 4.42 Å². The van der Waals surface area contributed by atoms with E-state index in [0.29, 0.717) is 12.1 Å². The maximum Gasteiger partial charge on any atom is 0.254 e. The summed E-state index contributed by atoms with van der Waals surface area (Å²) in [5, 5.41) is 11.6. The van der Waals surface area contributed by atoms with Crippen LogP contribution in [0.1, 0.15) is 33.4 Å². The molecule has 0 bridgehead atoms. The van der Waals surface area contributed by atoms with Crippen LogP contribution in [0.15, 0.2) is 45.9 Å². The molecule has 0 spiro atoms. The Kier molecular flexibility index (Phi) is 4.11. The van der Waals surface area contributed by atoms with Gasteiger partial charge in [-0.25, -0.2) is 0 Å². The highest BCUT2D eigenvalue weighted by Gasteiger charge is 2.19. The van der Waals surface area contributed by atoms with E-state index < -0.39 is 0 Å². The molecule has 0 aromatic carbocycles. The largest absolute Gasteiger partial charge is 0.472 e. The van der Waals surface area contributed by atoms with Crippen molar-refractivity contribution in [3.63, 3.8) is 0 Å². The number of amides is 1. The van der Waals surface area contributed by atoms with Gasteiger partial charge in [-0.05, 0) is 48.4 Å². The summed E-state index contributed by atoms with van der Waals surface area (Å²) in [7, 11) is 0. The standard InChI is InChI=1S/C16H17N3O2S/c1-11-7-12(2)19(18-11)15(14-4-6-22-10-14)8-17-16(20)13-3-5-21-9-13/h3-7,9-10,15H,8H2,1-2H3,(H,17,20)/t15-/m0/s1. The molecular weight excluding hydrogens is 298 g/mol. The van der Waals surface area contributed by atoms with Crippen LogP contribution in [0, 0.1) is 13.8 Å². The molecule has 22 heavy (non-hydrogen) atoms. The minimum absolute atomic E-state index is 0.0178. The lowest BCUT2D eigenvalue weighted by Crippen LogP contribution is -2.31. The molecule has 0 radical (unpaired) electrons. The van der Waals surface area contributed by atoms with E-state index in [2.05, 4.69) is 21.9 Å². The lowest BCUT2D eigenvalue weighted by Gasteiger charge is -2.19. The smallest absolute Gasteiger partial charge is 0.254 e. The van der Waals surface area contributed by atoms with Crippen molar-refractivity contribution in [1.29, 1.82) is 0 Å². The predicted octanol–water partition coefficient (Wildman–Crippen LogP) is 3.17. The van der Waals surface area contributed by atoms with Crippen LogP contribution in [-0.2, 0) is 0 Å². The molecule has 0 aliphatic carbocycles. The van der Waals surface area contributed by atoms with Gasteiger partial charge in [0.05, 0.1) is 23.6 Å². The molecule has 0 fully saturated rings. The topological polar surface area (TPSA) is 60.1 Å². The molecule has 1 amide bonds. The molecule has 6 heteroatoms. The van der Waals surface area contributed by atoms with Crippen LogP contribution in [-0.4, -0.2) is 22.2 Å². The van der Waals surface area contributed by atoms with E-state index in [1.807, 2.05) is 30.0 Å². The summed E-state index contributed by atoms with van der Waals surface area (Å²) in [6.45, 7) is 4.47. The molecule has 1 N–H and O–H groups in total. The second-order valence-corrected chi connectivity index (χ2v) is 5.95. The maximum atomic E-state index is 12.1. The summed E-state index contributed by atoms with van der Waals surface area (Å²) in [5.74, 6) is -0.143. The number of nitrogens with zero attached hydrogens (tertiary/aromatic N) is 2. The first-order valence-corrected chi connectivity index (χ1v) is 7.94. The zero-order chi connectivity index (χ0) is 15.5. The van der Waals surface area contributed by atoms with E-state index in [-0.39, 0.29) is 11.9 Å². The van der Waals surface area contributed by atoms with Crippen LogP contribution < -0.4 is 5.32 Å². The molecule has 0 saturated carbocycles. The summed E-state index contributed by atoms with van der Waals surface area (Å²) >= 11 is 1.64. The van der Waals surface area contributed by atoms with Crippen molar-refractivity contribution in [1.82, 2.24) is 15.1 Å². The third-order valence-corrected chi connectivity index (χ3v) is 4.21. The van der Waals surface area contributed by atoms with Gasteiger partial charge >= 0.3 is 0 Å². The van der Waals surface area contributed by atoms with Crippen LogP contribution in [0.2, 0.25) is 0 Å². The fourth-order valence-electron chi connectivity index (χ4n) is 2.46. The van der Waals surface area contributed by atoms with Gasteiger partial charge in [0.15, 0.2) is 0 Å². The highest BCUT2D eigenvalue weighted by atomic mass is 32.1. The number of carbonyl (C=O) groups excluding carboxylic acids is 1. The van der Waals surface area contributed by atoms with Crippen LogP contribution in [0.3, 0.4) is 0 Å². The van der Waals surface area contributed by atoms with Gasteiger partial charge in [0.25, 0.3) is 5.91 Å². The van der Waals surface area contributed by atoms with Gasteiger partial charge in [-0.15, -0.1) is 0 Å². The molecule has 3 heterocycles. The van der Waals surface area contributed by atoms with E-state index >= 15 is 0 Å². The Morgan fingerprint density at radius 3 is 2.91 bits per heavy atom. The lowest BCUT2D eigenvalue weighted by atomic mass is 10.1. The third-order valence-electron chi connectivity index (χ3n) is 3.51. The van der Waals surface area contributed by atoms with Crippen molar-refractivity contribution in [3.8, 4) is 0 Å². The number of nitrogens with one attached hydrogen (secondary N) is 1. The Morgan fingerprint density at radius 1 is 1.45 bits per heavy atom. The number of rotatable bonds is 5. The number of hydrogen-bond acceptors (Lipinski definition) is 4. The summed E-state index contributed by atoms with van der Waals surface area (Å²) in [4.78, 5) is 12.1. The zero-order valence-corrected chi connectivity index (χ0v) is 13.3. The molecule has 0 saturated heterocycles. The van der Waals surface area contributed by atoms with E-state index in [1.54, 1.807) is 17.4 Å². The minimum atomic E-state index is -0.143. The molecule has 114 valence electrons. The average Bonchev–Trinajstić information content (AvgIpc) is 3.22. The lowest BCUT2D eigenvalue weighted by molar-refractivity contribution is 0.0948. The number of carbonyl (C=O) groups is 1. The molecule has 5 nitrogen and oxygen atoms in total. The Balaban J connectivity index is 1.81. The first kappa shape index (κ1) is 14.6. The molecule has 3 aromatic rings. The molecule has 3 aromatic heterocycles. The van der Waals surface area contributed by atoms with Gasteiger partial charge in [0, 0.05) is 12.2 Å². The van der Waals surface area contributed by atoms with Crippen LogP contribution in [0.25, 0.3) is 0 Å². The van der Waals surface area contributed by atoms with Crippen molar-refractivity contribution in [2.24, 2.45) is 0 Å². The number of hydrogen-bond donors (Lipinski definition) is 1. The molecule has 0 unspecified atom stereocenters. The van der Waals surface area contributed by atoms with Crippen molar-refractivity contribution in [2.75, 3.05) is 6.54 Å². The van der Waals surface area contributed by atoms with Crippen LogP contribution in [0.5, 0.6) is 0 Å². The minimum Gasteiger partial charge on any atom is -0.472 e. The van der Waals surface area contributed by atoms with Crippen molar-refractivity contribution < 1.29 is 9.21 Å². The van der Waals surface area contributed by atoms with Gasteiger partial charge in [0.1, 0.15) is 6.26 Å². The van der Waals surface area contributed by atoms with Crippen LogP contribution >= 0.6 is 11.3 Å². The van der Waals surface area contributed by atoms with Gasteiger partial charge in [0.2, 0.25) is 0 Å². The fraction of sp³-hybridized carbons (Fsp3) is 0.250. The van der Waals surface area contributed by atoms with Gasteiger partial charge in [-0.2, -0.15) is 16.4 Å². The number of thiophene rings is 1. The van der Waals surface area contributed by atoms with Gasteiger partial charge < -0.3 is 9.73 Å². The third kappa shape index (κ3) is 2.96. The van der Waals surface area contributed by atoms with Gasteiger partial charge in [-0.3, -0.25) is 9.48 Å². The number of aryl methyl sites for hydroxylation is 2. The van der Waals surface area contributed by atoms with Crippen LogP contribution in [0.4, 0.5) is 0 Å². The Hall–Kier alpha value is -2.34. The monoisotopic (exact) mass is 315 g/mol. The highest BCUT2D eigenvalue weighted by molar-refractivity contribution is 7.07. The van der Waals surface area contributed by atoms with Gasteiger partial charge in [-0.1, -0.05) is 0 Å². The molecular formula is C16H17N3O2S. The van der Waals surface area contributed by atoms with Crippen molar-refractivity contribution >= 4 is 17.2 Å². The SMILES string of the molecule is Cc1cc(C)n([C@@H](CNC(=O)c2ccoc2)c2ccsc2)n1. The highest BCUT2D eigenvalue weighted by Crippen LogP contribution is 2.22. The van der Waals surface area contributed by atoms with Crippen molar-refractivity contribution in [2.45, 2.75) is 19.9 Å².